The Balaban J connectivity index is 2.57. The van der Waals surface area contributed by atoms with Gasteiger partial charge in [-0.2, -0.15) is 0 Å². The number of nitrogens with zero attached hydrogens (tertiary/aromatic N) is 2. The van der Waals surface area contributed by atoms with Gasteiger partial charge in [-0.1, -0.05) is 26.7 Å². The van der Waals surface area contributed by atoms with Gasteiger partial charge in [-0.15, -0.1) is 0 Å². The summed E-state index contributed by atoms with van der Waals surface area (Å²) in [5.41, 5.74) is 0.538. The molecule has 1 rings (SSSR count). The van der Waals surface area contributed by atoms with E-state index in [1.54, 1.807) is 0 Å². The highest BCUT2D eigenvalue weighted by atomic mass is 15.2. The summed E-state index contributed by atoms with van der Waals surface area (Å²) in [7, 11) is 6.45. The lowest BCUT2D eigenvalue weighted by Gasteiger charge is -2.36. The molecule has 3 heteroatoms. The summed E-state index contributed by atoms with van der Waals surface area (Å²) in [4.78, 5) is 5.00. The average Bonchev–Trinajstić information content (AvgIpc) is 2.74. The zero-order valence-electron chi connectivity index (χ0n) is 13.8. The molecule has 0 unspecified atom stereocenters. The molecule has 0 atom stereocenters. The van der Waals surface area contributed by atoms with E-state index in [4.69, 9.17) is 0 Å². The first kappa shape index (κ1) is 16.9. The highest BCUT2D eigenvalue weighted by Crippen LogP contribution is 2.38. The maximum Gasteiger partial charge on any atom is 0.0109 e. The van der Waals surface area contributed by atoms with E-state index in [1.165, 1.54) is 58.4 Å². The summed E-state index contributed by atoms with van der Waals surface area (Å²) in [6.45, 7) is 10.7. The molecule has 3 nitrogen and oxygen atoms in total. The third-order valence-corrected chi connectivity index (χ3v) is 4.26. The summed E-state index contributed by atoms with van der Waals surface area (Å²) in [6, 6.07) is 0. The van der Waals surface area contributed by atoms with Gasteiger partial charge >= 0.3 is 0 Å². The predicted octanol–water partition coefficient (Wildman–Crippen LogP) is 2.29. The maximum atomic E-state index is 3.44. The molecule has 0 aliphatic heterocycles. The maximum absolute atomic E-state index is 3.44. The van der Waals surface area contributed by atoms with Crippen LogP contribution in [0.15, 0.2) is 0 Å². The van der Waals surface area contributed by atoms with Crippen molar-refractivity contribution in [3.63, 3.8) is 0 Å². The molecule has 19 heavy (non-hydrogen) atoms. The fraction of sp³-hybridized carbons (Fsp3) is 1.00. The topological polar surface area (TPSA) is 18.5 Å². The lowest BCUT2D eigenvalue weighted by Crippen LogP contribution is -2.45. The van der Waals surface area contributed by atoms with E-state index in [-0.39, 0.29) is 0 Å². The zero-order chi connectivity index (χ0) is 14.3. The van der Waals surface area contributed by atoms with Crippen LogP contribution in [0.25, 0.3) is 0 Å². The summed E-state index contributed by atoms with van der Waals surface area (Å²) in [5, 5.41) is 3.44. The molecule has 0 radical (unpaired) electrons. The van der Waals surface area contributed by atoms with Crippen molar-refractivity contribution in [2.75, 3.05) is 53.9 Å². The van der Waals surface area contributed by atoms with Gasteiger partial charge in [-0.05, 0) is 45.3 Å². The minimum absolute atomic E-state index is 0.538. The largest absolute Gasteiger partial charge is 0.319 e. The Labute approximate surface area is 120 Å². The molecular weight excluding hydrogens is 234 g/mol. The van der Waals surface area contributed by atoms with Crippen LogP contribution < -0.4 is 5.32 Å². The molecule has 0 bridgehead atoms. The third kappa shape index (κ3) is 6.24. The lowest BCUT2D eigenvalue weighted by molar-refractivity contribution is 0.130. The number of hydrogen-bond acceptors (Lipinski definition) is 3. The third-order valence-electron chi connectivity index (χ3n) is 4.26. The minimum Gasteiger partial charge on any atom is -0.319 e. The second-order valence-corrected chi connectivity index (χ2v) is 7.17. The quantitative estimate of drug-likeness (QED) is 0.693. The van der Waals surface area contributed by atoms with Crippen LogP contribution in [0.5, 0.6) is 0 Å². The molecule has 1 N–H and O–H groups in total. The Kier molecular flexibility index (Phi) is 7.33. The van der Waals surface area contributed by atoms with Crippen molar-refractivity contribution in [3.8, 4) is 0 Å². The van der Waals surface area contributed by atoms with Gasteiger partial charge in [-0.25, -0.2) is 0 Å². The monoisotopic (exact) mass is 269 g/mol. The van der Waals surface area contributed by atoms with Gasteiger partial charge in [0.2, 0.25) is 0 Å². The van der Waals surface area contributed by atoms with Gasteiger partial charge in [0.25, 0.3) is 0 Å². The van der Waals surface area contributed by atoms with E-state index >= 15 is 0 Å². The van der Waals surface area contributed by atoms with E-state index in [0.29, 0.717) is 5.41 Å². The van der Waals surface area contributed by atoms with Crippen molar-refractivity contribution in [1.29, 1.82) is 0 Å². The van der Waals surface area contributed by atoms with Crippen LogP contribution in [0.4, 0.5) is 0 Å². The molecule has 1 fully saturated rings. The lowest BCUT2D eigenvalue weighted by atomic mass is 9.85. The highest BCUT2D eigenvalue weighted by Gasteiger charge is 2.34. The molecule has 1 saturated carbocycles. The Morgan fingerprint density at radius 1 is 1.11 bits per heavy atom. The number of likely N-dealkylation sites (N-methyl/N-ethyl adjacent to an activating group) is 1. The van der Waals surface area contributed by atoms with Crippen LogP contribution in [0.2, 0.25) is 0 Å². The number of nitrogens with one attached hydrogen (secondary N) is 1. The fourth-order valence-electron chi connectivity index (χ4n) is 3.46. The Morgan fingerprint density at radius 3 is 2.21 bits per heavy atom. The highest BCUT2D eigenvalue weighted by molar-refractivity contribution is 4.89. The average molecular weight is 269 g/mol. The van der Waals surface area contributed by atoms with Gasteiger partial charge < -0.3 is 15.1 Å². The molecule has 0 saturated heterocycles. The van der Waals surface area contributed by atoms with E-state index in [2.05, 4.69) is 50.1 Å². The van der Waals surface area contributed by atoms with Gasteiger partial charge in [0, 0.05) is 32.7 Å². The van der Waals surface area contributed by atoms with E-state index < -0.39 is 0 Å². The smallest absolute Gasteiger partial charge is 0.0109 e. The Morgan fingerprint density at radius 2 is 1.74 bits per heavy atom. The van der Waals surface area contributed by atoms with Crippen LogP contribution in [-0.4, -0.2) is 63.7 Å². The van der Waals surface area contributed by atoms with Crippen molar-refractivity contribution in [2.45, 2.75) is 39.5 Å². The van der Waals surface area contributed by atoms with Crippen molar-refractivity contribution < 1.29 is 0 Å². The van der Waals surface area contributed by atoms with E-state index in [0.717, 1.165) is 5.92 Å². The zero-order valence-corrected chi connectivity index (χ0v) is 13.8. The molecule has 1 aliphatic rings. The molecule has 1 aliphatic carbocycles. The predicted molar refractivity (Wildman–Crippen MR) is 84.7 cm³/mol. The molecule has 0 aromatic heterocycles. The first-order valence-corrected chi connectivity index (χ1v) is 7.99. The molecule has 0 aromatic rings. The van der Waals surface area contributed by atoms with Crippen molar-refractivity contribution in [3.05, 3.63) is 0 Å². The SMILES string of the molecule is CNCC1(CN(CCN(C)C)CC(C)C)CCCC1. The van der Waals surface area contributed by atoms with Crippen molar-refractivity contribution in [1.82, 2.24) is 15.1 Å². The van der Waals surface area contributed by atoms with Gasteiger partial charge in [0.1, 0.15) is 0 Å². The first-order chi connectivity index (χ1) is 8.97. The van der Waals surface area contributed by atoms with E-state index in [9.17, 15) is 0 Å². The van der Waals surface area contributed by atoms with Gasteiger partial charge in [0.15, 0.2) is 0 Å². The fourth-order valence-corrected chi connectivity index (χ4v) is 3.46. The Bertz CT molecular complexity index is 232. The van der Waals surface area contributed by atoms with Gasteiger partial charge in [-0.3, -0.25) is 0 Å². The van der Waals surface area contributed by atoms with Crippen LogP contribution in [0.3, 0.4) is 0 Å². The second-order valence-electron chi connectivity index (χ2n) is 7.17. The number of rotatable bonds is 9. The minimum atomic E-state index is 0.538. The van der Waals surface area contributed by atoms with Crippen LogP contribution >= 0.6 is 0 Å². The molecule has 0 amide bonds. The van der Waals surface area contributed by atoms with Gasteiger partial charge in [0.05, 0.1) is 0 Å². The number of hydrogen-bond donors (Lipinski definition) is 1. The summed E-state index contributed by atoms with van der Waals surface area (Å²) in [5.74, 6) is 0.759. The molecule has 0 heterocycles. The first-order valence-electron chi connectivity index (χ1n) is 7.99. The van der Waals surface area contributed by atoms with Crippen LogP contribution in [-0.2, 0) is 0 Å². The molecule has 0 aromatic carbocycles. The van der Waals surface area contributed by atoms with Crippen molar-refractivity contribution >= 4 is 0 Å². The second kappa shape index (κ2) is 8.23. The molecular formula is C16H35N3. The molecule has 114 valence electrons. The summed E-state index contributed by atoms with van der Waals surface area (Å²) < 4.78 is 0. The Hall–Kier alpha value is -0.120. The molecule has 0 spiro atoms. The van der Waals surface area contributed by atoms with Crippen molar-refractivity contribution in [2.24, 2.45) is 11.3 Å². The van der Waals surface area contributed by atoms with Crippen LogP contribution in [0, 0.1) is 11.3 Å². The van der Waals surface area contributed by atoms with Crippen LogP contribution in [0.1, 0.15) is 39.5 Å². The summed E-state index contributed by atoms with van der Waals surface area (Å²) in [6.07, 6.45) is 5.66. The summed E-state index contributed by atoms with van der Waals surface area (Å²) >= 11 is 0. The standard InChI is InChI=1S/C16H35N3/c1-15(2)12-19(11-10-18(4)5)14-16(13-17-3)8-6-7-9-16/h15,17H,6-14H2,1-5H3. The normalized spacial score (nSPS) is 18.9. The van der Waals surface area contributed by atoms with E-state index in [1.807, 2.05) is 0 Å².